The van der Waals surface area contributed by atoms with Gasteiger partial charge >= 0.3 is 0 Å². The molecule has 0 aromatic carbocycles. The lowest BCUT2D eigenvalue weighted by atomic mass is 10.3. The minimum absolute atomic E-state index is 0.180. The van der Waals surface area contributed by atoms with Crippen LogP contribution in [0.3, 0.4) is 0 Å². The summed E-state index contributed by atoms with van der Waals surface area (Å²) in [4.78, 5) is 2.25. The lowest BCUT2D eigenvalue weighted by Crippen LogP contribution is -2.48. The Morgan fingerprint density at radius 3 is 2.62 bits per heavy atom. The summed E-state index contributed by atoms with van der Waals surface area (Å²) in [7, 11) is -3.05. The molecular weight excluding hydrogens is 288 g/mol. The molecule has 0 saturated carbocycles. The van der Waals surface area contributed by atoms with Crippen LogP contribution in [0.15, 0.2) is 30.5 Å². The number of hydrogen-bond acceptors (Lipinski definition) is 4. The quantitative estimate of drug-likeness (QED) is 0.838. The molecule has 0 aliphatic carbocycles. The van der Waals surface area contributed by atoms with E-state index in [-0.39, 0.29) is 5.75 Å². The molecule has 1 fully saturated rings. The molecule has 6 nitrogen and oxygen atoms in total. The van der Waals surface area contributed by atoms with Crippen LogP contribution in [-0.2, 0) is 16.6 Å². The summed E-state index contributed by atoms with van der Waals surface area (Å²) in [6.45, 7) is 5.12. The monoisotopic (exact) mass is 308 g/mol. The Bertz CT molecular complexity index is 684. The second-order valence-electron chi connectivity index (χ2n) is 5.28. The topological polar surface area (TPSA) is 57.9 Å². The molecule has 0 radical (unpaired) electrons. The Kier molecular flexibility index (Phi) is 3.97. The highest BCUT2D eigenvalue weighted by molar-refractivity contribution is 7.89. The highest BCUT2D eigenvalue weighted by Gasteiger charge is 2.25. The van der Waals surface area contributed by atoms with Gasteiger partial charge in [0.2, 0.25) is 10.0 Å². The van der Waals surface area contributed by atoms with Crippen molar-refractivity contribution in [1.29, 1.82) is 0 Å². The molecule has 0 atom stereocenters. The van der Waals surface area contributed by atoms with Crippen LogP contribution in [0.2, 0.25) is 0 Å². The third kappa shape index (κ3) is 3.09. The summed E-state index contributed by atoms with van der Waals surface area (Å²) in [5.41, 5.74) is 2.10. The zero-order chi connectivity index (χ0) is 14.9. The lowest BCUT2D eigenvalue weighted by Gasteiger charge is -2.33. The van der Waals surface area contributed by atoms with E-state index in [1.165, 1.54) is 0 Å². The van der Waals surface area contributed by atoms with Gasteiger partial charge in [-0.25, -0.2) is 12.9 Å². The van der Waals surface area contributed by atoms with E-state index in [2.05, 4.69) is 16.1 Å². The van der Waals surface area contributed by atoms with Gasteiger partial charge in [0.1, 0.15) is 0 Å². The number of nitrogens with zero attached hydrogens (tertiary/aromatic N) is 4. The maximum absolute atomic E-state index is 11.8. The van der Waals surface area contributed by atoms with Crippen LogP contribution in [-0.4, -0.2) is 59.2 Å². The molecule has 2 aromatic rings. The number of aromatic nitrogens is 2. The molecule has 0 amide bonds. The first kappa shape index (κ1) is 14.5. The second-order valence-corrected chi connectivity index (χ2v) is 7.54. The SMILES string of the molecule is CCS(=O)(=O)N1CCN(Cc2cc3ccccn3n2)CC1. The van der Waals surface area contributed by atoms with Crippen LogP contribution in [0.1, 0.15) is 12.6 Å². The van der Waals surface area contributed by atoms with E-state index < -0.39 is 10.0 Å². The van der Waals surface area contributed by atoms with Crippen molar-refractivity contribution in [2.24, 2.45) is 0 Å². The molecule has 2 aromatic heterocycles. The van der Waals surface area contributed by atoms with Crippen LogP contribution in [0.4, 0.5) is 0 Å². The van der Waals surface area contributed by atoms with Gasteiger partial charge in [-0.15, -0.1) is 0 Å². The molecule has 1 aliphatic rings. The van der Waals surface area contributed by atoms with E-state index in [1.54, 1.807) is 11.2 Å². The number of fused-ring (bicyclic) bond motifs is 1. The zero-order valence-corrected chi connectivity index (χ0v) is 13.0. The van der Waals surface area contributed by atoms with Crippen molar-refractivity contribution in [2.75, 3.05) is 31.9 Å². The van der Waals surface area contributed by atoms with E-state index in [0.717, 1.165) is 30.8 Å². The zero-order valence-electron chi connectivity index (χ0n) is 12.1. The van der Waals surface area contributed by atoms with Gasteiger partial charge in [0.15, 0.2) is 0 Å². The Balaban J connectivity index is 1.63. The molecular formula is C14H20N4O2S. The molecule has 3 heterocycles. The van der Waals surface area contributed by atoms with Gasteiger partial charge in [-0.3, -0.25) is 4.90 Å². The molecule has 0 spiro atoms. The number of sulfonamides is 1. The number of hydrogen-bond donors (Lipinski definition) is 0. The van der Waals surface area contributed by atoms with Crippen molar-refractivity contribution in [1.82, 2.24) is 18.8 Å². The first-order valence-electron chi connectivity index (χ1n) is 7.22. The molecule has 1 aliphatic heterocycles. The van der Waals surface area contributed by atoms with E-state index in [4.69, 9.17) is 0 Å². The predicted octanol–water partition coefficient (Wildman–Crippen LogP) is 0.802. The Morgan fingerprint density at radius 1 is 1.19 bits per heavy atom. The summed E-state index contributed by atoms with van der Waals surface area (Å²) < 4.78 is 27.1. The van der Waals surface area contributed by atoms with E-state index >= 15 is 0 Å². The van der Waals surface area contributed by atoms with Crippen LogP contribution in [0, 0.1) is 0 Å². The average molecular weight is 308 g/mol. The van der Waals surface area contributed by atoms with Crippen LogP contribution in [0.25, 0.3) is 5.52 Å². The Morgan fingerprint density at radius 2 is 1.95 bits per heavy atom. The van der Waals surface area contributed by atoms with Gasteiger partial charge in [0, 0.05) is 38.9 Å². The second kappa shape index (κ2) is 5.75. The number of piperazine rings is 1. The van der Waals surface area contributed by atoms with Gasteiger partial charge in [-0.05, 0) is 25.1 Å². The molecule has 21 heavy (non-hydrogen) atoms. The molecule has 0 N–H and O–H groups in total. The fourth-order valence-electron chi connectivity index (χ4n) is 2.65. The maximum Gasteiger partial charge on any atom is 0.213 e. The molecule has 114 valence electrons. The van der Waals surface area contributed by atoms with Crippen LogP contribution >= 0.6 is 0 Å². The van der Waals surface area contributed by atoms with Gasteiger partial charge in [0.05, 0.1) is 17.0 Å². The highest BCUT2D eigenvalue weighted by atomic mass is 32.2. The van der Waals surface area contributed by atoms with Gasteiger partial charge in [-0.1, -0.05) is 6.07 Å². The van der Waals surface area contributed by atoms with Gasteiger partial charge in [-0.2, -0.15) is 9.40 Å². The van der Waals surface area contributed by atoms with E-state index in [1.807, 2.05) is 28.9 Å². The number of pyridine rings is 1. The fraction of sp³-hybridized carbons (Fsp3) is 0.500. The van der Waals surface area contributed by atoms with Crippen molar-refractivity contribution in [3.63, 3.8) is 0 Å². The van der Waals surface area contributed by atoms with Gasteiger partial charge in [0.25, 0.3) is 0 Å². The van der Waals surface area contributed by atoms with E-state index in [0.29, 0.717) is 13.1 Å². The molecule has 3 rings (SSSR count). The van der Waals surface area contributed by atoms with Crippen LogP contribution < -0.4 is 0 Å². The van der Waals surface area contributed by atoms with E-state index in [9.17, 15) is 8.42 Å². The van der Waals surface area contributed by atoms with Crippen molar-refractivity contribution < 1.29 is 8.42 Å². The predicted molar refractivity (Wildman–Crippen MR) is 81.5 cm³/mol. The maximum atomic E-state index is 11.8. The average Bonchev–Trinajstić information content (AvgIpc) is 2.90. The fourth-order valence-corrected chi connectivity index (χ4v) is 3.73. The van der Waals surface area contributed by atoms with Crippen molar-refractivity contribution >= 4 is 15.5 Å². The first-order chi connectivity index (χ1) is 10.1. The highest BCUT2D eigenvalue weighted by Crippen LogP contribution is 2.12. The molecule has 0 bridgehead atoms. The summed E-state index contributed by atoms with van der Waals surface area (Å²) in [6, 6.07) is 8.06. The summed E-state index contributed by atoms with van der Waals surface area (Å²) in [6.07, 6.45) is 1.94. The largest absolute Gasteiger partial charge is 0.295 e. The summed E-state index contributed by atoms with van der Waals surface area (Å²) in [5.74, 6) is 0.180. The number of rotatable bonds is 4. The third-order valence-electron chi connectivity index (χ3n) is 3.90. The van der Waals surface area contributed by atoms with Crippen molar-refractivity contribution in [3.8, 4) is 0 Å². The summed E-state index contributed by atoms with van der Waals surface area (Å²) in [5, 5.41) is 4.53. The molecule has 7 heteroatoms. The Hall–Kier alpha value is -1.44. The first-order valence-corrected chi connectivity index (χ1v) is 8.83. The molecule has 1 saturated heterocycles. The standard InChI is InChI=1S/C14H20N4O2S/c1-2-21(19,20)17-9-7-16(8-10-17)12-13-11-14-5-3-4-6-18(14)15-13/h3-6,11H,2,7-10,12H2,1H3. The minimum atomic E-state index is -3.05. The normalized spacial score (nSPS) is 18.3. The van der Waals surface area contributed by atoms with Gasteiger partial charge < -0.3 is 0 Å². The smallest absolute Gasteiger partial charge is 0.213 e. The molecule has 0 unspecified atom stereocenters. The summed E-state index contributed by atoms with van der Waals surface area (Å²) >= 11 is 0. The van der Waals surface area contributed by atoms with Crippen molar-refractivity contribution in [3.05, 3.63) is 36.2 Å². The Labute approximate surface area is 125 Å². The van der Waals surface area contributed by atoms with Crippen molar-refractivity contribution in [2.45, 2.75) is 13.5 Å². The van der Waals surface area contributed by atoms with Crippen LogP contribution in [0.5, 0.6) is 0 Å². The third-order valence-corrected chi connectivity index (χ3v) is 5.78. The lowest BCUT2D eigenvalue weighted by molar-refractivity contribution is 0.180. The minimum Gasteiger partial charge on any atom is -0.295 e.